The fraction of sp³-hybridized carbons (Fsp3) is 0.455. The highest BCUT2D eigenvalue weighted by molar-refractivity contribution is 5.80. The van der Waals surface area contributed by atoms with E-state index >= 15 is 0 Å². The van der Waals surface area contributed by atoms with E-state index in [2.05, 4.69) is 15.2 Å². The van der Waals surface area contributed by atoms with Crippen LogP contribution >= 0.6 is 0 Å². The van der Waals surface area contributed by atoms with E-state index in [0.29, 0.717) is 6.54 Å². The SMILES string of the molecule is NC(=O)[C@@H]1CNCCN1Cc1ccncc1. The van der Waals surface area contributed by atoms with Gasteiger partial charge in [0, 0.05) is 38.6 Å². The fourth-order valence-electron chi connectivity index (χ4n) is 1.94. The van der Waals surface area contributed by atoms with Crippen LogP contribution in [0.25, 0.3) is 0 Å². The molecule has 1 saturated heterocycles. The molecule has 5 nitrogen and oxygen atoms in total. The highest BCUT2D eigenvalue weighted by Gasteiger charge is 2.26. The van der Waals surface area contributed by atoms with E-state index in [0.717, 1.165) is 25.2 Å². The molecule has 0 radical (unpaired) electrons. The zero-order chi connectivity index (χ0) is 11.4. The molecule has 0 aliphatic carbocycles. The van der Waals surface area contributed by atoms with Crippen LogP contribution in [-0.4, -0.2) is 41.5 Å². The molecule has 1 aromatic heterocycles. The third kappa shape index (κ3) is 2.56. The maximum absolute atomic E-state index is 11.3. The minimum Gasteiger partial charge on any atom is -0.368 e. The van der Waals surface area contributed by atoms with Crippen molar-refractivity contribution >= 4 is 5.91 Å². The quantitative estimate of drug-likeness (QED) is 0.709. The molecule has 1 aliphatic heterocycles. The van der Waals surface area contributed by atoms with Crippen LogP contribution in [0.3, 0.4) is 0 Å². The van der Waals surface area contributed by atoms with Gasteiger partial charge in [-0.1, -0.05) is 0 Å². The molecular weight excluding hydrogens is 204 g/mol. The molecule has 2 heterocycles. The Balaban J connectivity index is 2.04. The number of nitrogens with one attached hydrogen (secondary N) is 1. The van der Waals surface area contributed by atoms with Gasteiger partial charge >= 0.3 is 0 Å². The predicted octanol–water partition coefficient (Wildman–Crippen LogP) is -0.659. The zero-order valence-electron chi connectivity index (χ0n) is 9.10. The lowest BCUT2D eigenvalue weighted by molar-refractivity contribution is -0.124. The average Bonchev–Trinajstić information content (AvgIpc) is 2.31. The molecule has 2 rings (SSSR count). The summed E-state index contributed by atoms with van der Waals surface area (Å²) in [5, 5.41) is 3.18. The number of pyridine rings is 1. The standard InChI is InChI=1S/C11H16N4O/c12-11(16)10-7-14-5-6-15(10)8-9-1-3-13-4-2-9/h1-4,10,14H,5-8H2,(H2,12,16)/t10-/m0/s1. The summed E-state index contributed by atoms with van der Waals surface area (Å²) in [4.78, 5) is 17.4. The molecule has 5 heteroatoms. The molecule has 1 aromatic rings. The topological polar surface area (TPSA) is 71.2 Å². The maximum Gasteiger partial charge on any atom is 0.236 e. The van der Waals surface area contributed by atoms with Crippen LogP contribution in [0.15, 0.2) is 24.5 Å². The number of nitrogens with zero attached hydrogens (tertiary/aromatic N) is 2. The highest BCUT2D eigenvalue weighted by atomic mass is 16.1. The first-order valence-corrected chi connectivity index (χ1v) is 5.40. The fourth-order valence-corrected chi connectivity index (χ4v) is 1.94. The Morgan fingerprint density at radius 1 is 1.56 bits per heavy atom. The summed E-state index contributed by atoms with van der Waals surface area (Å²) in [6.45, 7) is 3.13. The molecule has 1 aliphatic rings. The number of piperazine rings is 1. The molecule has 0 bridgehead atoms. The Labute approximate surface area is 94.6 Å². The van der Waals surface area contributed by atoms with Gasteiger partial charge in [-0.05, 0) is 17.7 Å². The first-order valence-electron chi connectivity index (χ1n) is 5.40. The molecule has 0 unspecified atom stereocenters. The normalized spacial score (nSPS) is 21.9. The number of hydrogen-bond donors (Lipinski definition) is 2. The molecule has 1 amide bonds. The minimum absolute atomic E-state index is 0.207. The van der Waals surface area contributed by atoms with Gasteiger partial charge in [-0.25, -0.2) is 0 Å². The van der Waals surface area contributed by atoms with Gasteiger partial charge < -0.3 is 11.1 Å². The van der Waals surface area contributed by atoms with Gasteiger partial charge in [-0.3, -0.25) is 14.7 Å². The maximum atomic E-state index is 11.3. The van der Waals surface area contributed by atoms with E-state index < -0.39 is 0 Å². The lowest BCUT2D eigenvalue weighted by atomic mass is 10.1. The Morgan fingerprint density at radius 3 is 3.00 bits per heavy atom. The van der Waals surface area contributed by atoms with Crippen LogP contribution in [0.2, 0.25) is 0 Å². The Kier molecular flexibility index (Phi) is 3.48. The predicted molar refractivity (Wildman–Crippen MR) is 60.5 cm³/mol. The second-order valence-corrected chi connectivity index (χ2v) is 3.95. The van der Waals surface area contributed by atoms with Gasteiger partial charge in [-0.15, -0.1) is 0 Å². The third-order valence-corrected chi connectivity index (χ3v) is 2.82. The van der Waals surface area contributed by atoms with Gasteiger partial charge in [0.15, 0.2) is 0 Å². The molecule has 0 aromatic carbocycles. The summed E-state index contributed by atoms with van der Waals surface area (Å²) in [7, 11) is 0. The smallest absolute Gasteiger partial charge is 0.236 e. The van der Waals surface area contributed by atoms with E-state index in [1.54, 1.807) is 12.4 Å². The van der Waals surface area contributed by atoms with Crippen LogP contribution in [-0.2, 0) is 11.3 Å². The number of carbonyl (C=O) groups excluding carboxylic acids is 1. The van der Waals surface area contributed by atoms with E-state index in [9.17, 15) is 4.79 Å². The third-order valence-electron chi connectivity index (χ3n) is 2.82. The van der Waals surface area contributed by atoms with Crippen LogP contribution in [0.5, 0.6) is 0 Å². The molecule has 86 valence electrons. The van der Waals surface area contributed by atoms with Gasteiger partial charge in [0.25, 0.3) is 0 Å². The van der Waals surface area contributed by atoms with Crippen molar-refractivity contribution in [3.05, 3.63) is 30.1 Å². The van der Waals surface area contributed by atoms with Crippen LogP contribution in [0, 0.1) is 0 Å². The molecule has 0 spiro atoms. The van der Waals surface area contributed by atoms with Crippen molar-refractivity contribution in [1.29, 1.82) is 0 Å². The first-order chi connectivity index (χ1) is 7.77. The average molecular weight is 220 g/mol. The van der Waals surface area contributed by atoms with Crippen molar-refractivity contribution in [1.82, 2.24) is 15.2 Å². The van der Waals surface area contributed by atoms with Crippen molar-refractivity contribution in [2.24, 2.45) is 5.73 Å². The summed E-state index contributed by atoms with van der Waals surface area (Å²) < 4.78 is 0. The number of nitrogens with two attached hydrogens (primary N) is 1. The molecule has 1 atom stereocenters. The van der Waals surface area contributed by atoms with Gasteiger partial charge in [0.05, 0.1) is 0 Å². The molecule has 16 heavy (non-hydrogen) atoms. The van der Waals surface area contributed by atoms with Gasteiger partial charge in [0.1, 0.15) is 6.04 Å². The number of hydrogen-bond acceptors (Lipinski definition) is 4. The highest BCUT2D eigenvalue weighted by Crippen LogP contribution is 2.09. The summed E-state index contributed by atoms with van der Waals surface area (Å²) in [5.74, 6) is -0.263. The van der Waals surface area contributed by atoms with E-state index in [-0.39, 0.29) is 11.9 Å². The van der Waals surface area contributed by atoms with Crippen molar-refractivity contribution in [3.8, 4) is 0 Å². The minimum atomic E-state index is -0.263. The van der Waals surface area contributed by atoms with E-state index in [1.165, 1.54) is 0 Å². The van der Waals surface area contributed by atoms with Gasteiger partial charge in [0.2, 0.25) is 5.91 Å². The van der Waals surface area contributed by atoms with Crippen LogP contribution in [0.4, 0.5) is 0 Å². The van der Waals surface area contributed by atoms with Crippen LogP contribution < -0.4 is 11.1 Å². The van der Waals surface area contributed by atoms with Crippen molar-refractivity contribution in [2.45, 2.75) is 12.6 Å². The Bertz CT molecular complexity index is 354. The molecule has 1 fully saturated rings. The Hall–Kier alpha value is -1.46. The summed E-state index contributed by atoms with van der Waals surface area (Å²) in [6, 6.07) is 3.71. The summed E-state index contributed by atoms with van der Waals surface area (Å²) in [6.07, 6.45) is 3.52. The van der Waals surface area contributed by atoms with Crippen LogP contribution in [0.1, 0.15) is 5.56 Å². The molecule has 0 saturated carbocycles. The Morgan fingerprint density at radius 2 is 2.31 bits per heavy atom. The number of aromatic nitrogens is 1. The molecule has 3 N–H and O–H groups in total. The lowest BCUT2D eigenvalue weighted by Gasteiger charge is -2.34. The monoisotopic (exact) mass is 220 g/mol. The second-order valence-electron chi connectivity index (χ2n) is 3.95. The summed E-state index contributed by atoms with van der Waals surface area (Å²) >= 11 is 0. The second kappa shape index (κ2) is 5.05. The van der Waals surface area contributed by atoms with E-state index in [4.69, 9.17) is 5.73 Å². The molecular formula is C11H16N4O. The number of carbonyl (C=O) groups is 1. The zero-order valence-corrected chi connectivity index (χ0v) is 9.10. The lowest BCUT2D eigenvalue weighted by Crippen LogP contribution is -2.56. The number of rotatable bonds is 3. The van der Waals surface area contributed by atoms with Gasteiger partial charge in [-0.2, -0.15) is 0 Å². The summed E-state index contributed by atoms with van der Waals surface area (Å²) in [5.41, 5.74) is 6.53. The van der Waals surface area contributed by atoms with Crippen molar-refractivity contribution in [2.75, 3.05) is 19.6 Å². The van der Waals surface area contributed by atoms with Crippen molar-refractivity contribution < 1.29 is 4.79 Å². The first kappa shape index (κ1) is 11.0. The largest absolute Gasteiger partial charge is 0.368 e. The number of amides is 1. The number of primary amides is 1. The van der Waals surface area contributed by atoms with Crippen molar-refractivity contribution in [3.63, 3.8) is 0 Å². The van der Waals surface area contributed by atoms with E-state index in [1.807, 2.05) is 12.1 Å².